The molecule has 0 radical (unpaired) electrons. The van der Waals surface area contributed by atoms with E-state index in [1.54, 1.807) is 17.9 Å². The largest absolute Gasteiger partial charge is 0.299 e. The first-order valence-electron chi connectivity index (χ1n) is 6.62. The first kappa shape index (κ1) is 13.0. The van der Waals surface area contributed by atoms with Crippen LogP contribution in [0, 0.1) is 11.8 Å². The van der Waals surface area contributed by atoms with E-state index >= 15 is 0 Å². The first-order chi connectivity index (χ1) is 8.52. The van der Waals surface area contributed by atoms with Gasteiger partial charge in [-0.05, 0) is 25.2 Å². The summed E-state index contributed by atoms with van der Waals surface area (Å²) in [5.74, 6) is 0.0853. The van der Waals surface area contributed by atoms with Gasteiger partial charge in [0.2, 0.25) is 0 Å². The van der Waals surface area contributed by atoms with E-state index in [9.17, 15) is 9.59 Å². The second-order valence-electron chi connectivity index (χ2n) is 5.28. The van der Waals surface area contributed by atoms with Gasteiger partial charge in [0.05, 0.1) is 17.2 Å². The van der Waals surface area contributed by atoms with Gasteiger partial charge in [0.25, 0.3) is 0 Å². The highest BCUT2D eigenvalue weighted by Gasteiger charge is 2.34. The van der Waals surface area contributed by atoms with Crippen LogP contribution in [0.1, 0.15) is 49.2 Å². The van der Waals surface area contributed by atoms with Crippen LogP contribution in [-0.4, -0.2) is 21.3 Å². The van der Waals surface area contributed by atoms with Crippen LogP contribution in [0.5, 0.6) is 0 Å². The first-order valence-corrected chi connectivity index (χ1v) is 6.62. The molecule has 1 saturated carbocycles. The third-order valence-electron chi connectivity index (χ3n) is 3.73. The molecule has 1 aromatic heterocycles. The topological polar surface area (TPSA) is 52.0 Å². The molecule has 1 aliphatic carbocycles. The molecule has 0 amide bonds. The molecule has 0 N–H and O–H groups in total. The smallest absolute Gasteiger partial charge is 0.176 e. The number of aromatic nitrogens is 2. The van der Waals surface area contributed by atoms with Crippen molar-refractivity contribution >= 4 is 11.6 Å². The fourth-order valence-corrected chi connectivity index (χ4v) is 2.66. The van der Waals surface area contributed by atoms with Crippen LogP contribution in [0.25, 0.3) is 0 Å². The van der Waals surface area contributed by atoms with E-state index in [4.69, 9.17) is 0 Å². The second-order valence-corrected chi connectivity index (χ2v) is 5.28. The lowest BCUT2D eigenvalue weighted by Crippen LogP contribution is -2.30. The van der Waals surface area contributed by atoms with Gasteiger partial charge < -0.3 is 0 Å². The van der Waals surface area contributed by atoms with E-state index in [0.717, 1.165) is 18.5 Å². The van der Waals surface area contributed by atoms with Crippen molar-refractivity contribution in [2.45, 2.75) is 39.5 Å². The zero-order valence-electron chi connectivity index (χ0n) is 11.3. The molecule has 1 heterocycles. The van der Waals surface area contributed by atoms with Gasteiger partial charge in [-0.15, -0.1) is 0 Å². The summed E-state index contributed by atoms with van der Waals surface area (Å²) in [7, 11) is 1.81. The maximum atomic E-state index is 12.5. The molecule has 0 aliphatic heterocycles. The number of hydrogen-bond donors (Lipinski definition) is 0. The molecule has 1 aromatic rings. The molecule has 1 aliphatic rings. The second kappa shape index (κ2) is 5.04. The number of aryl methyl sites for hydroxylation is 2. The molecule has 0 bridgehead atoms. The van der Waals surface area contributed by atoms with Crippen molar-refractivity contribution in [1.29, 1.82) is 0 Å². The van der Waals surface area contributed by atoms with E-state index in [1.807, 2.05) is 6.92 Å². The van der Waals surface area contributed by atoms with Crippen LogP contribution in [0.4, 0.5) is 0 Å². The normalized spacial score (nSPS) is 24.3. The molecular formula is C14H20N2O2. The Hall–Kier alpha value is -1.45. The van der Waals surface area contributed by atoms with Crippen LogP contribution in [0.3, 0.4) is 0 Å². The summed E-state index contributed by atoms with van der Waals surface area (Å²) >= 11 is 0. The van der Waals surface area contributed by atoms with Gasteiger partial charge in [-0.3, -0.25) is 14.3 Å². The minimum atomic E-state index is -0.441. The molecule has 1 fully saturated rings. The molecule has 2 unspecified atom stereocenters. The molecule has 98 valence electrons. The zero-order chi connectivity index (χ0) is 13.3. The predicted molar refractivity (Wildman–Crippen MR) is 68.4 cm³/mol. The lowest BCUT2D eigenvalue weighted by molar-refractivity contribution is -0.123. The van der Waals surface area contributed by atoms with E-state index in [-0.39, 0.29) is 11.6 Å². The minimum Gasteiger partial charge on any atom is -0.299 e. The molecular weight excluding hydrogens is 228 g/mol. The van der Waals surface area contributed by atoms with Gasteiger partial charge >= 0.3 is 0 Å². The average molecular weight is 248 g/mol. The van der Waals surface area contributed by atoms with Crippen molar-refractivity contribution < 1.29 is 9.59 Å². The average Bonchev–Trinajstić information content (AvgIpc) is 2.72. The molecule has 18 heavy (non-hydrogen) atoms. The highest BCUT2D eigenvalue weighted by Crippen LogP contribution is 2.29. The highest BCUT2D eigenvalue weighted by molar-refractivity contribution is 6.11. The Morgan fingerprint density at radius 2 is 2.28 bits per heavy atom. The standard InChI is InChI=1S/C14H20N2O2/c1-4-12-11(8-16(3)15-12)14(18)10-7-9(2)5-6-13(10)17/h8-10H,4-7H2,1-3H3. The van der Waals surface area contributed by atoms with Crippen molar-refractivity contribution in [1.82, 2.24) is 9.78 Å². The van der Waals surface area contributed by atoms with Gasteiger partial charge in [0.1, 0.15) is 5.78 Å². The predicted octanol–water partition coefficient (Wildman–Crippen LogP) is 2.17. The summed E-state index contributed by atoms with van der Waals surface area (Å²) in [6.07, 6.45) is 4.61. The van der Waals surface area contributed by atoms with E-state index in [1.165, 1.54) is 0 Å². The van der Waals surface area contributed by atoms with Crippen LogP contribution in [0.2, 0.25) is 0 Å². The Balaban J connectivity index is 2.26. The van der Waals surface area contributed by atoms with Crippen molar-refractivity contribution in [2.24, 2.45) is 18.9 Å². The molecule has 2 rings (SSSR count). The van der Waals surface area contributed by atoms with Crippen LogP contribution < -0.4 is 0 Å². The third-order valence-corrected chi connectivity index (χ3v) is 3.73. The molecule has 0 spiro atoms. The molecule has 4 heteroatoms. The lowest BCUT2D eigenvalue weighted by atomic mass is 9.78. The summed E-state index contributed by atoms with van der Waals surface area (Å²) in [5, 5.41) is 4.27. The fraction of sp³-hybridized carbons (Fsp3) is 0.643. The van der Waals surface area contributed by atoms with Crippen molar-refractivity contribution in [3.8, 4) is 0 Å². The molecule has 4 nitrogen and oxygen atoms in total. The van der Waals surface area contributed by atoms with Gasteiger partial charge in [0, 0.05) is 19.7 Å². The quantitative estimate of drug-likeness (QED) is 0.608. The lowest BCUT2D eigenvalue weighted by Gasteiger charge is -2.24. The number of Topliss-reactive ketones (excluding diaryl/α,β-unsaturated/α-hetero) is 2. The summed E-state index contributed by atoms with van der Waals surface area (Å²) in [6.45, 7) is 4.08. The highest BCUT2D eigenvalue weighted by atomic mass is 16.2. The monoisotopic (exact) mass is 248 g/mol. The number of rotatable bonds is 3. The molecule has 0 aromatic carbocycles. The summed E-state index contributed by atoms with van der Waals surface area (Å²) in [6, 6.07) is 0. The Morgan fingerprint density at radius 1 is 1.56 bits per heavy atom. The molecule has 2 atom stereocenters. The maximum absolute atomic E-state index is 12.5. The minimum absolute atomic E-state index is 0.0310. The Morgan fingerprint density at radius 3 is 2.94 bits per heavy atom. The zero-order valence-corrected chi connectivity index (χ0v) is 11.3. The van der Waals surface area contributed by atoms with Gasteiger partial charge in [-0.2, -0.15) is 5.10 Å². The van der Waals surface area contributed by atoms with E-state index in [0.29, 0.717) is 24.3 Å². The Bertz CT molecular complexity index is 476. The fourth-order valence-electron chi connectivity index (χ4n) is 2.66. The Kier molecular flexibility index (Phi) is 3.64. The number of hydrogen-bond acceptors (Lipinski definition) is 3. The Labute approximate surface area is 107 Å². The van der Waals surface area contributed by atoms with E-state index in [2.05, 4.69) is 12.0 Å². The van der Waals surface area contributed by atoms with Gasteiger partial charge in [-0.25, -0.2) is 0 Å². The number of nitrogens with zero attached hydrogens (tertiary/aromatic N) is 2. The van der Waals surface area contributed by atoms with Crippen molar-refractivity contribution in [3.63, 3.8) is 0 Å². The summed E-state index contributed by atoms with van der Waals surface area (Å²) in [4.78, 5) is 24.4. The number of ketones is 2. The molecule has 0 saturated heterocycles. The van der Waals surface area contributed by atoms with Gasteiger partial charge in [-0.1, -0.05) is 13.8 Å². The van der Waals surface area contributed by atoms with Crippen LogP contribution >= 0.6 is 0 Å². The third kappa shape index (κ3) is 2.37. The number of carbonyl (C=O) groups is 2. The van der Waals surface area contributed by atoms with Crippen molar-refractivity contribution in [2.75, 3.05) is 0 Å². The van der Waals surface area contributed by atoms with Crippen LogP contribution in [-0.2, 0) is 18.3 Å². The number of carbonyl (C=O) groups excluding carboxylic acids is 2. The summed E-state index contributed by atoms with van der Waals surface area (Å²) in [5.41, 5.74) is 1.43. The summed E-state index contributed by atoms with van der Waals surface area (Å²) < 4.78 is 1.66. The SMILES string of the molecule is CCc1nn(C)cc1C(=O)C1CC(C)CCC1=O. The van der Waals surface area contributed by atoms with E-state index < -0.39 is 5.92 Å². The van der Waals surface area contributed by atoms with Crippen molar-refractivity contribution in [3.05, 3.63) is 17.5 Å². The maximum Gasteiger partial charge on any atom is 0.176 e. The van der Waals surface area contributed by atoms with Crippen LogP contribution in [0.15, 0.2) is 6.20 Å². The van der Waals surface area contributed by atoms with Gasteiger partial charge in [0.15, 0.2) is 5.78 Å².